The maximum absolute atomic E-state index is 11.2. The summed E-state index contributed by atoms with van der Waals surface area (Å²) in [6.45, 7) is 1.91. The lowest BCUT2D eigenvalue weighted by Gasteiger charge is -2.41. The fraction of sp³-hybridized carbons (Fsp3) is 0.818. The van der Waals surface area contributed by atoms with E-state index in [9.17, 15) is 14.7 Å². The Labute approximate surface area is 88.6 Å². The predicted octanol–water partition coefficient (Wildman–Crippen LogP) is 0.812. The van der Waals surface area contributed by atoms with Gasteiger partial charge in [0.1, 0.15) is 11.9 Å². The number of carbonyl (C=O) groups excluding carboxylic acids is 2. The molecule has 2 rings (SSSR count). The van der Waals surface area contributed by atoms with Crippen molar-refractivity contribution in [3.63, 3.8) is 0 Å². The molecular formula is C11H16O4. The van der Waals surface area contributed by atoms with Gasteiger partial charge in [-0.3, -0.25) is 9.59 Å². The van der Waals surface area contributed by atoms with Crippen LogP contribution in [0, 0.1) is 5.41 Å². The number of hydrogen-bond donors (Lipinski definition) is 1. The van der Waals surface area contributed by atoms with Gasteiger partial charge in [-0.05, 0) is 12.8 Å². The molecule has 0 aromatic heterocycles. The van der Waals surface area contributed by atoms with Gasteiger partial charge < -0.3 is 9.84 Å². The molecule has 0 amide bonds. The molecule has 2 fully saturated rings. The molecule has 0 aromatic carbocycles. The van der Waals surface area contributed by atoms with Gasteiger partial charge in [0.15, 0.2) is 0 Å². The fourth-order valence-corrected chi connectivity index (χ4v) is 2.49. The number of ether oxygens (including phenoxy) is 1. The van der Waals surface area contributed by atoms with E-state index in [1.54, 1.807) is 0 Å². The summed E-state index contributed by atoms with van der Waals surface area (Å²) in [6, 6.07) is 0. The van der Waals surface area contributed by atoms with Crippen LogP contribution in [0.25, 0.3) is 0 Å². The maximum atomic E-state index is 11.2. The molecule has 1 aliphatic heterocycles. The molecule has 84 valence electrons. The average Bonchev–Trinajstić information content (AvgIpc) is 2.60. The number of ketones is 1. The van der Waals surface area contributed by atoms with E-state index < -0.39 is 11.5 Å². The number of aliphatic hydroxyl groups is 1. The topological polar surface area (TPSA) is 63.6 Å². The minimum Gasteiger partial charge on any atom is -0.462 e. The van der Waals surface area contributed by atoms with E-state index in [4.69, 9.17) is 4.74 Å². The van der Waals surface area contributed by atoms with Gasteiger partial charge in [0.25, 0.3) is 0 Å². The average molecular weight is 212 g/mol. The highest BCUT2D eigenvalue weighted by Gasteiger charge is 2.48. The van der Waals surface area contributed by atoms with E-state index in [-0.39, 0.29) is 24.3 Å². The molecule has 0 radical (unpaired) electrons. The van der Waals surface area contributed by atoms with Crippen LogP contribution in [0.5, 0.6) is 0 Å². The molecule has 1 heterocycles. The Hall–Kier alpha value is -0.900. The van der Waals surface area contributed by atoms with Crippen molar-refractivity contribution < 1.29 is 19.4 Å². The van der Waals surface area contributed by atoms with Crippen molar-refractivity contribution >= 4 is 11.8 Å². The summed E-state index contributed by atoms with van der Waals surface area (Å²) in [5, 5.41) is 9.93. The first-order chi connectivity index (χ1) is 7.02. The van der Waals surface area contributed by atoms with Crippen LogP contribution >= 0.6 is 0 Å². The number of aliphatic hydroxyl groups excluding tert-OH is 1. The summed E-state index contributed by atoms with van der Waals surface area (Å²) in [5.41, 5.74) is -0.430. The third kappa shape index (κ3) is 1.78. The van der Waals surface area contributed by atoms with E-state index in [1.807, 2.05) is 6.92 Å². The standard InChI is InChI=1S/C11H16O4/c1-11(9-2-3-10(14)15-9)5-4-7(12)6-8(11)13/h8-9,13H,2-6H2,1H3/t8-,9+,11+/m1/s1. The summed E-state index contributed by atoms with van der Waals surface area (Å²) >= 11 is 0. The molecule has 3 atom stereocenters. The molecule has 4 nitrogen and oxygen atoms in total. The molecule has 0 aromatic rings. The second-order valence-electron chi connectivity index (χ2n) is 4.78. The Bertz CT molecular complexity index is 299. The minimum absolute atomic E-state index is 0.101. The lowest BCUT2D eigenvalue weighted by Crippen LogP contribution is -2.47. The number of carbonyl (C=O) groups is 2. The van der Waals surface area contributed by atoms with Crippen LogP contribution in [-0.2, 0) is 14.3 Å². The Morgan fingerprint density at radius 1 is 1.40 bits per heavy atom. The molecule has 1 N–H and O–H groups in total. The molecule has 2 aliphatic rings. The Balaban J connectivity index is 2.11. The van der Waals surface area contributed by atoms with Crippen LogP contribution in [0.2, 0.25) is 0 Å². The van der Waals surface area contributed by atoms with Crippen LogP contribution in [0.1, 0.15) is 39.0 Å². The van der Waals surface area contributed by atoms with Crippen molar-refractivity contribution in [3.8, 4) is 0 Å². The highest BCUT2D eigenvalue weighted by atomic mass is 16.6. The van der Waals surface area contributed by atoms with Gasteiger partial charge in [-0.25, -0.2) is 0 Å². The van der Waals surface area contributed by atoms with Gasteiger partial charge in [-0.2, -0.15) is 0 Å². The van der Waals surface area contributed by atoms with Gasteiger partial charge in [-0.1, -0.05) is 6.92 Å². The normalized spacial score (nSPS) is 41.7. The molecule has 0 bridgehead atoms. The van der Waals surface area contributed by atoms with Crippen molar-refractivity contribution in [2.45, 2.75) is 51.2 Å². The lowest BCUT2D eigenvalue weighted by atomic mass is 9.68. The number of rotatable bonds is 1. The van der Waals surface area contributed by atoms with Gasteiger partial charge in [0.05, 0.1) is 6.10 Å². The lowest BCUT2D eigenvalue weighted by molar-refractivity contribution is -0.154. The Morgan fingerprint density at radius 3 is 2.67 bits per heavy atom. The van der Waals surface area contributed by atoms with Gasteiger partial charge in [0, 0.05) is 24.7 Å². The SMILES string of the molecule is C[C@]1([C@@H]2CCC(=O)O2)CCC(=O)C[C@H]1O. The quantitative estimate of drug-likeness (QED) is 0.653. The molecule has 4 heteroatoms. The van der Waals surface area contributed by atoms with Crippen molar-refractivity contribution in [1.29, 1.82) is 0 Å². The number of hydrogen-bond acceptors (Lipinski definition) is 4. The molecule has 0 spiro atoms. The zero-order chi connectivity index (χ0) is 11.1. The first-order valence-electron chi connectivity index (χ1n) is 5.41. The zero-order valence-electron chi connectivity index (χ0n) is 8.86. The van der Waals surface area contributed by atoms with Crippen LogP contribution in [0.4, 0.5) is 0 Å². The fourth-order valence-electron chi connectivity index (χ4n) is 2.49. The highest BCUT2D eigenvalue weighted by molar-refractivity contribution is 5.80. The van der Waals surface area contributed by atoms with Crippen LogP contribution < -0.4 is 0 Å². The maximum Gasteiger partial charge on any atom is 0.306 e. The number of esters is 1. The summed E-state index contributed by atoms with van der Waals surface area (Å²) in [7, 11) is 0. The molecule has 1 aliphatic carbocycles. The predicted molar refractivity (Wildman–Crippen MR) is 52.1 cm³/mol. The molecule has 1 saturated heterocycles. The Morgan fingerprint density at radius 2 is 2.13 bits per heavy atom. The van der Waals surface area contributed by atoms with Crippen molar-refractivity contribution in [1.82, 2.24) is 0 Å². The summed E-state index contributed by atoms with van der Waals surface area (Å²) in [6.07, 6.45) is 1.52. The van der Waals surface area contributed by atoms with Gasteiger partial charge >= 0.3 is 5.97 Å². The van der Waals surface area contributed by atoms with Crippen LogP contribution in [0.3, 0.4) is 0 Å². The number of cyclic esters (lactones) is 1. The van der Waals surface area contributed by atoms with Gasteiger partial charge in [-0.15, -0.1) is 0 Å². The van der Waals surface area contributed by atoms with E-state index in [0.717, 1.165) is 0 Å². The van der Waals surface area contributed by atoms with E-state index in [0.29, 0.717) is 25.7 Å². The smallest absolute Gasteiger partial charge is 0.306 e. The van der Waals surface area contributed by atoms with Crippen LogP contribution in [-0.4, -0.2) is 29.1 Å². The molecule has 15 heavy (non-hydrogen) atoms. The van der Waals surface area contributed by atoms with Gasteiger partial charge in [0.2, 0.25) is 0 Å². The summed E-state index contributed by atoms with van der Waals surface area (Å²) in [5.74, 6) is -0.0883. The van der Waals surface area contributed by atoms with Crippen molar-refractivity contribution in [2.24, 2.45) is 5.41 Å². The molecule has 0 unspecified atom stereocenters. The second kappa shape index (κ2) is 3.59. The van der Waals surface area contributed by atoms with E-state index in [1.165, 1.54) is 0 Å². The second-order valence-corrected chi connectivity index (χ2v) is 4.78. The first-order valence-corrected chi connectivity index (χ1v) is 5.41. The zero-order valence-corrected chi connectivity index (χ0v) is 8.86. The molecular weight excluding hydrogens is 196 g/mol. The monoisotopic (exact) mass is 212 g/mol. The molecule has 1 saturated carbocycles. The highest BCUT2D eigenvalue weighted by Crippen LogP contribution is 2.42. The van der Waals surface area contributed by atoms with E-state index in [2.05, 4.69) is 0 Å². The summed E-state index contributed by atoms with van der Waals surface area (Å²) in [4.78, 5) is 22.2. The largest absolute Gasteiger partial charge is 0.462 e. The number of Topliss-reactive ketones (excluding diaryl/α,β-unsaturated/α-hetero) is 1. The third-order valence-electron chi connectivity index (χ3n) is 3.74. The minimum atomic E-state index is -0.672. The Kier molecular flexibility index (Phi) is 2.54. The van der Waals surface area contributed by atoms with Crippen molar-refractivity contribution in [2.75, 3.05) is 0 Å². The third-order valence-corrected chi connectivity index (χ3v) is 3.74. The summed E-state index contributed by atoms with van der Waals surface area (Å²) < 4.78 is 5.20. The van der Waals surface area contributed by atoms with E-state index >= 15 is 0 Å². The van der Waals surface area contributed by atoms with Crippen molar-refractivity contribution in [3.05, 3.63) is 0 Å². The van der Waals surface area contributed by atoms with Crippen LogP contribution in [0.15, 0.2) is 0 Å². The first kappa shape index (κ1) is 10.6.